The maximum Gasteiger partial charge on any atom is 0.374 e. The van der Waals surface area contributed by atoms with Crippen molar-refractivity contribution < 1.29 is 23.5 Å². The first-order chi connectivity index (χ1) is 12.1. The van der Waals surface area contributed by atoms with Crippen molar-refractivity contribution in [3.63, 3.8) is 0 Å². The van der Waals surface area contributed by atoms with Gasteiger partial charge in [-0.15, -0.1) is 0 Å². The number of para-hydroxylation sites is 1. The molecular weight excluding hydrogens is 320 g/mol. The normalized spacial score (nSPS) is 10.6. The van der Waals surface area contributed by atoms with Gasteiger partial charge in [0.1, 0.15) is 12.2 Å². The quantitative estimate of drug-likeness (QED) is 0.650. The molecule has 0 radical (unpaired) electrons. The van der Waals surface area contributed by atoms with Crippen LogP contribution in [0.3, 0.4) is 0 Å². The van der Waals surface area contributed by atoms with Gasteiger partial charge in [0.15, 0.2) is 0 Å². The molecule has 0 aliphatic heterocycles. The van der Waals surface area contributed by atoms with Crippen LogP contribution in [-0.2, 0) is 16.1 Å². The summed E-state index contributed by atoms with van der Waals surface area (Å²) in [4.78, 5) is 24.4. The lowest BCUT2D eigenvalue weighted by Crippen LogP contribution is -2.10. The number of aryl methyl sites for hydroxylation is 1. The summed E-state index contributed by atoms with van der Waals surface area (Å²) in [6.07, 6.45) is 0. The van der Waals surface area contributed by atoms with Crippen LogP contribution < -0.4 is 0 Å². The van der Waals surface area contributed by atoms with Gasteiger partial charge in [0.25, 0.3) is 0 Å². The Hall–Kier alpha value is -3.08. The Morgan fingerprint density at radius 2 is 1.80 bits per heavy atom. The molecule has 0 atom stereocenters. The van der Waals surface area contributed by atoms with Crippen molar-refractivity contribution in [3.05, 3.63) is 71.0 Å². The maximum atomic E-state index is 12.3. The second-order valence-corrected chi connectivity index (χ2v) is 5.57. The highest BCUT2D eigenvalue weighted by atomic mass is 16.5. The average Bonchev–Trinajstić information content (AvgIpc) is 2.98. The van der Waals surface area contributed by atoms with Crippen molar-refractivity contribution in [1.29, 1.82) is 0 Å². The predicted octanol–water partition coefficient (Wildman–Crippen LogP) is 4.27. The number of esters is 2. The second kappa shape index (κ2) is 7.21. The lowest BCUT2D eigenvalue weighted by molar-refractivity contribution is 0.0435. The van der Waals surface area contributed by atoms with Gasteiger partial charge in [0, 0.05) is 5.39 Å². The molecule has 5 heteroatoms. The van der Waals surface area contributed by atoms with Crippen LogP contribution in [0.15, 0.2) is 52.9 Å². The van der Waals surface area contributed by atoms with Gasteiger partial charge in [-0.05, 0) is 32.0 Å². The van der Waals surface area contributed by atoms with Crippen molar-refractivity contribution in [2.24, 2.45) is 0 Å². The SMILES string of the molecule is CCOC(=O)c1oc2ccccc2c1COC(=O)c1cccc(C)c1. The summed E-state index contributed by atoms with van der Waals surface area (Å²) in [5.41, 5.74) is 2.49. The highest BCUT2D eigenvalue weighted by Crippen LogP contribution is 2.27. The molecule has 0 spiro atoms. The number of carbonyl (C=O) groups is 2. The van der Waals surface area contributed by atoms with Gasteiger partial charge in [-0.1, -0.05) is 35.9 Å². The van der Waals surface area contributed by atoms with Gasteiger partial charge in [-0.3, -0.25) is 0 Å². The lowest BCUT2D eigenvalue weighted by Gasteiger charge is -2.06. The molecule has 0 aliphatic rings. The molecule has 0 saturated carbocycles. The number of carbonyl (C=O) groups excluding carboxylic acids is 2. The fourth-order valence-electron chi connectivity index (χ4n) is 2.60. The zero-order valence-corrected chi connectivity index (χ0v) is 14.1. The Morgan fingerprint density at radius 1 is 1.00 bits per heavy atom. The largest absolute Gasteiger partial charge is 0.460 e. The minimum Gasteiger partial charge on any atom is -0.460 e. The van der Waals surface area contributed by atoms with Gasteiger partial charge in [-0.25, -0.2) is 9.59 Å². The minimum atomic E-state index is -0.569. The maximum absolute atomic E-state index is 12.3. The molecule has 25 heavy (non-hydrogen) atoms. The fraction of sp³-hybridized carbons (Fsp3) is 0.200. The first kappa shape index (κ1) is 16.8. The van der Waals surface area contributed by atoms with Gasteiger partial charge >= 0.3 is 11.9 Å². The first-order valence-electron chi connectivity index (χ1n) is 8.01. The van der Waals surface area contributed by atoms with E-state index in [2.05, 4.69) is 0 Å². The van der Waals surface area contributed by atoms with E-state index in [0.29, 0.717) is 16.7 Å². The van der Waals surface area contributed by atoms with Crippen molar-refractivity contribution >= 4 is 22.9 Å². The van der Waals surface area contributed by atoms with Crippen LogP contribution in [0, 0.1) is 6.92 Å². The zero-order valence-electron chi connectivity index (χ0n) is 14.1. The van der Waals surface area contributed by atoms with Gasteiger partial charge in [0.05, 0.1) is 17.7 Å². The standard InChI is InChI=1S/C20H18O5/c1-3-23-20(22)18-16(15-9-4-5-10-17(15)25-18)12-24-19(21)14-8-6-7-13(2)11-14/h4-11H,3,12H2,1-2H3. The molecule has 0 amide bonds. The third kappa shape index (κ3) is 3.55. The Bertz CT molecular complexity index is 923. The molecule has 2 aromatic carbocycles. The molecule has 0 unspecified atom stereocenters. The first-order valence-corrected chi connectivity index (χ1v) is 8.01. The van der Waals surface area contributed by atoms with Crippen LogP contribution >= 0.6 is 0 Å². The van der Waals surface area contributed by atoms with Crippen LogP contribution in [0.25, 0.3) is 11.0 Å². The zero-order chi connectivity index (χ0) is 17.8. The number of furan rings is 1. The molecule has 3 rings (SSSR count). The van der Waals surface area contributed by atoms with Gasteiger partial charge < -0.3 is 13.9 Å². The number of benzene rings is 2. The Morgan fingerprint density at radius 3 is 2.56 bits per heavy atom. The molecule has 0 fully saturated rings. The summed E-state index contributed by atoms with van der Waals surface area (Å²) in [7, 11) is 0. The average molecular weight is 338 g/mol. The van der Waals surface area contributed by atoms with E-state index >= 15 is 0 Å². The van der Waals surface area contributed by atoms with E-state index in [1.165, 1.54) is 0 Å². The predicted molar refractivity (Wildman–Crippen MR) is 92.5 cm³/mol. The van der Waals surface area contributed by atoms with Crippen LogP contribution in [0.5, 0.6) is 0 Å². The van der Waals surface area contributed by atoms with Crippen molar-refractivity contribution in [2.45, 2.75) is 20.5 Å². The highest BCUT2D eigenvalue weighted by Gasteiger charge is 2.22. The summed E-state index contributed by atoms with van der Waals surface area (Å²) >= 11 is 0. The summed E-state index contributed by atoms with van der Waals surface area (Å²) in [5, 5.41) is 0.725. The van der Waals surface area contributed by atoms with Gasteiger partial charge in [0.2, 0.25) is 5.76 Å². The van der Waals surface area contributed by atoms with E-state index in [-0.39, 0.29) is 19.0 Å². The second-order valence-electron chi connectivity index (χ2n) is 5.57. The molecule has 0 N–H and O–H groups in total. The summed E-state index contributed by atoms with van der Waals surface area (Å²) in [6.45, 7) is 3.79. The van der Waals surface area contributed by atoms with Crippen LogP contribution in [0.1, 0.15) is 39.0 Å². The number of hydrogen-bond donors (Lipinski definition) is 0. The number of ether oxygens (including phenoxy) is 2. The van der Waals surface area contributed by atoms with E-state index in [1.54, 1.807) is 31.2 Å². The minimum absolute atomic E-state index is 0.0695. The lowest BCUT2D eigenvalue weighted by atomic mass is 10.1. The summed E-state index contributed by atoms with van der Waals surface area (Å²) < 4.78 is 16.0. The molecule has 0 aliphatic carbocycles. The molecule has 1 aromatic heterocycles. The van der Waals surface area contributed by atoms with E-state index in [1.807, 2.05) is 31.2 Å². The van der Waals surface area contributed by atoms with E-state index in [4.69, 9.17) is 13.9 Å². The van der Waals surface area contributed by atoms with E-state index in [0.717, 1.165) is 10.9 Å². The van der Waals surface area contributed by atoms with Crippen LogP contribution in [-0.4, -0.2) is 18.5 Å². The summed E-state index contributed by atoms with van der Waals surface area (Å²) in [5.74, 6) is -0.954. The molecule has 3 aromatic rings. The van der Waals surface area contributed by atoms with E-state index in [9.17, 15) is 9.59 Å². The van der Waals surface area contributed by atoms with Crippen molar-refractivity contribution in [3.8, 4) is 0 Å². The van der Waals surface area contributed by atoms with Gasteiger partial charge in [-0.2, -0.15) is 0 Å². The Balaban J connectivity index is 1.88. The molecule has 5 nitrogen and oxygen atoms in total. The fourth-order valence-corrected chi connectivity index (χ4v) is 2.60. The number of fused-ring (bicyclic) bond motifs is 1. The highest BCUT2D eigenvalue weighted by molar-refractivity contribution is 5.96. The monoisotopic (exact) mass is 338 g/mol. The Labute approximate surface area is 145 Å². The smallest absolute Gasteiger partial charge is 0.374 e. The molecule has 128 valence electrons. The van der Waals surface area contributed by atoms with Crippen LogP contribution in [0.4, 0.5) is 0 Å². The molecule has 0 bridgehead atoms. The molecular formula is C20H18O5. The third-order valence-electron chi connectivity index (χ3n) is 3.76. The molecule has 1 heterocycles. The van der Waals surface area contributed by atoms with E-state index < -0.39 is 11.9 Å². The van der Waals surface area contributed by atoms with Crippen molar-refractivity contribution in [1.82, 2.24) is 0 Å². The Kier molecular flexibility index (Phi) is 4.84. The third-order valence-corrected chi connectivity index (χ3v) is 3.76. The number of hydrogen-bond acceptors (Lipinski definition) is 5. The molecule has 0 saturated heterocycles. The number of rotatable bonds is 5. The topological polar surface area (TPSA) is 65.7 Å². The van der Waals surface area contributed by atoms with Crippen molar-refractivity contribution in [2.75, 3.05) is 6.61 Å². The summed E-state index contributed by atoms with van der Waals surface area (Å²) in [6, 6.07) is 14.4. The van der Waals surface area contributed by atoms with Crippen LogP contribution in [0.2, 0.25) is 0 Å².